The third-order valence-electron chi connectivity index (χ3n) is 1.55. The Bertz CT molecular complexity index is 146. The van der Waals surface area contributed by atoms with Crippen molar-refractivity contribution in [3.63, 3.8) is 0 Å². The van der Waals surface area contributed by atoms with Crippen molar-refractivity contribution in [3.8, 4) is 12.3 Å². The van der Waals surface area contributed by atoms with Gasteiger partial charge in [-0.3, -0.25) is 0 Å². The molecule has 0 radical (unpaired) electrons. The molecule has 0 spiro atoms. The van der Waals surface area contributed by atoms with Crippen LogP contribution in [0.25, 0.3) is 0 Å². The summed E-state index contributed by atoms with van der Waals surface area (Å²) in [5.41, 5.74) is 0. The molecule has 0 aliphatic carbocycles. The van der Waals surface area contributed by atoms with Crippen LogP contribution in [0.1, 0.15) is 33.6 Å². The van der Waals surface area contributed by atoms with Crippen LogP contribution in [0, 0.1) is 24.2 Å². The fraction of sp³-hybridized carbons (Fsp3) is 0.636. The van der Waals surface area contributed by atoms with E-state index in [2.05, 4.69) is 38.8 Å². The van der Waals surface area contributed by atoms with Crippen LogP contribution in [-0.2, 0) is 0 Å². The van der Waals surface area contributed by atoms with Crippen molar-refractivity contribution in [1.29, 1.82) is 0 Å². The van der Waals surface area contributed by atoms with Crippen molar-refractivity contribution in [2.24, 2.45) is 11.8 Å². The van der Waals surface area contributed by atoms with Crippen LogP contribution >= 0.6 is 0 Å². The molecule has 0 rings (SSSR count). The summed E-state index contributed by atoms with van der Waals surface area (Å²) in [6.45, 7) is 6.50. The van der Waals surface area contributed by atoms with Gasteiger partial charge < -0.3 is 0 Å². The lowest BCUT2D eigenvalue weighted by molar-refractivity contribution is 0.659. The van der Waals surface area contributed by atoms with Crippen molar-refractivity contribution in [2.45, 2.75) is 33.6 Å². The van der Waals surface area contributed by atoms with Crippen LogP contribution in [-0.4, -0.2) is 0 Å². The fourth-order valence-corrected chi connectivity index (χ4v) is 0.737. The number of terminal acetylenes is 1. The summed E-state index contributed by atoms with van der Waals surface area (Å²) in [4.78, 5) is 0. The number of rotatable bonds is 4. The van der Waals surface area contributed by atoms with Crippen LogP contribution in [0.3, 0.4) is 0 Å². The molecule has 0 aromatic heterocycles. The third kappa shape index (κ3) is 7.19. The second-order valence-electron chi connectivity index (χ2n) is 3.40. The van der Waals surface area contributed by atoms with Gasteiger partial charge in [0.25, 0.3) is 0 Å². The fourth-order valence-electron chi connectivity index (χ4n) is 0.737. The van der Waals surface area contributed by atoms with Gasteiger partial charge in [0.15, 0.2) is 0 Å². The highest BCUT2D eigenvalue weighted by Crippen LogP contribution is 2.04. The van der Waals surface area contributed by atoms with Gasteiger partial charge in [0.2, 0.25) is 0 Å². The predicted molar refractivity (Wildman–Crippen MR) is 51.2 cm³/mol. The van der Waals surface area contributed by atoms with Crippen molar-refractivity contribution in [2.75, 3.05) is 0 Å². The summed E-state index contributed by atoms with van der Waals surface area (Å²) < 4.78 is 0. The molecular formula is C11H18. The van der Waals surface area contributed by atoms with Gasteiger partial charge in [-0.2, -0.15) is 0 Å². The highest BCUT2D eigenvalue weighted by molar-refractivity contribution is 4.95. The van der Waals surface area contributed by atoms with Gasteiger partial charge in [-0.1, -0.05) is 32.9 Å². The summed E-state index contributed by atoms with van der Waals surface area (Å²) in [5.74, 6) is 3.85. The first-order valence-electron chi connectivity index (χ1n) is 4.28. The minimum atomic E-state index is 0.387. The molecule has 0 N–H and O–H groups in total. The summed E-state index contributed by atoms with van der Waals surface area (Å²) in [5, 5.41) is 0. The Morgan fingerprint density at radius 3 is 2.18 bits per heavy atom. The second kappa shape index (κ2) is 6.04. The van der Waals surface area contributed by atoms with E-state index in [-0.39, 0.29) is 0 Å². The van der Waals surface area contributed by atoms with E-state index < -0.39 is 0 Å². The van der Waals surface area contributed by atoms with Crippen molar-refractivity contribution >= 4 is 0 Å². The van der Waals surface area contributed by atoms with Gasteiger partial charge in [-0.25, -0.2) is 0 Å². The maximum Gasteiger partial charge on any atom is 0.0206 e. The maximum atomic E-state index is 5.23. The molecule has 0 aliphatic heterocycles. The lowest BCUT2D eigenvalue weighted by atomic mass is 10.1. The molecule has 0 aromatic rings. The molecule has 0 amide bonds. The highest BCUT2D eigenvalue weighted by Gasteiger charge is 1.91. The summed E-state index contributed by atoms with van der Waals surface area (Å²) >= 11 is 0. The Morgan fingerprint density at radius 1 is 1.18 bits per heavy atom. The van der Waals surface area contributed by atoms with Gasteiger partial charge >= 0.3 is 0 Å². The monoisotopic (exact) mass is 150 g/mol. The molecule has 0 nitrogen and oxygen atoms in total. The average Bonchev–Trinajstić information content (AvgIpc) is 1.97. The SMILES string of the molecule is C#CC(C)C/C=C\CC(C)C. The topological polar surface area (TPSA) is 0 Å². The molecule has 0 aliphatic rings. The minimum absolute atomic E-state index is 0.387. The van der Waals surface area contributed by atoms with E-state index in [4.69, 9.17) is 6.42 Å². The molecule has 62 valence electrons. The zero-order chi connectivity index (χ0) is 8.69. The van der Waals surface area contributed by atoms with Crippen LogP contribution in [0.4, 0.5) is 0 Å². The Hall–Kier alpha value is -0.700. The van der Waals surface area contributed by atoms with Crippen LogP contribution in [0.5, 0.6) is 0 Å². The lowest BCUT2D eigenvalue weighted by Gasteiger charge is -1.98. The van der Waals surface area contributed by atoms with E-state index in [0.717, 1.165) is 18.8 Å². The number of hydrogen-bond acceptors (Lipinski definition) is 0. The standard InChI is InChI=1S/C11H18/c1-5-11(4)9-7-6-8-10(2)3/h1,6-7,10-11H,8-9H2,2-4H3/b7-6-. The number of hydrogen-bond donors (Lipinski definition) is 0. The summed E-state index contributed by atoms with van der Waals surface area (Å²) in [6.07, 6.45) is 11.8. The van der Waals surface area contributed by atoms with Crippen molar-refractivity contribution < 1.29 is 0 Å². The quantitative estimate of drug-likeness (QED) is 0.426. The largest absolute Gasteiger partial charge is 0.120 e. The van der Waals surface area contributed by atoms with E-state index >= 15 is 0 Å². The van der Waals surface area contributed by atoms with Crippen molar-refractivity contribution in [1.82, 2.24) is 0 Å². The van der Waals surface area contributed by atoms with Crippen LogP contribution in [0.2, 0.25) is 0 Å². The molecular weight excluding hydrogens is 132 g/mol. The van der Waals surface area contributed by atoms with E-state index in [1.54, 1.807) is 0 Å². The van der Waals surface area contributed by atoms with E-state index in [1.807, 2.05) is 0 Å². The molecule has 1 unspecified atom stereocenters. The lowest BCUT2D eigenvalue weighted by Crippen LogP contribution is -1.86. The third-order valence-corrected chi connectivity index (χ3v) is 1.55. The Labute approximate surface area is 70.7 Å². The normalized spacial score (nSPS) is 13.7. The Morgan fingerprint density at radius 2 is 1.73 bits per heavy atom. The van der Waals surface area contributed by atoms with Crippen LogP contribution in [0.15, 0.2) is 12.2 Å². The summed E-state index contributed by atoms with van der Waals surface area (Å²) in [6, 6.07) is 0. The van der Waals surface area contributed by atoms with Gasteiger partial charge in [0, 0.05) is 5.92 Å². The molecule has 0 heterocycles. The van der Waals surface area contributed by atoms with Gasteiger partial charge in [-0.05, 0) is 18.8 Å². The van der Waals surface area contributed by atoms with Gasteiger partial charge in [0.1, 0.15) is 0 Å². The zero-order valence-electron chi connectivity index (χ0n) is 7.80. The Balaban J connectivity index is 3.39. The maximum absolute atomic E-state index is 5.23. The second-order valence-corrected chi connectivity index (χ2v) is 3.40. The van der Waals surface area contributed by atoms with Crippen LogP contribution < -0.4 is 0 Å². The molecule has 0 heteroatoms. The number of allylic oxidation sites excluding steroid dienone is 2. The van der Waals surface area contributed by atoms with Gasteiger partial charge in [-0.15, -0.1) is 12.3 Å². The molecule has 0 bridgehead atoms. The predicted octanol–water partition coefficient (Wildman–Crippen LogP) is 3.25. The van der Waals surface area contributed by atoms with Crippen molar-refractivity contribution in [3.05, 3.63) is 12.2 Å². The first kappa shape index (κ1) is 10.3. The van der Waals surface area contributed by atoms with E-state index in [1.165, 1.54) is 0 Å². The molecule has 0 fully saturated rings. The van der Waals surface area contributed by atoms with Gasteiger partial charge in [0.05, 0.1) is 0 Å². The molecule has 0 aromatic carbocycles. The molecule has 1 atom stereocenters. The van der Waals surface area contributed by atoms with E-state index in [0.29, 0.717) is 5.92 Å². The first-order chi connectivity index (χ1) is 5.16. The minimum Gasteiger partial charge on any atom is -0.120 e. The van der Waals surface area contributed by atoms with E-state index in [9.17, 15) is 0 Å². The highest BCUT2D eigenvalue weighted by atomic mass is 14.0. The summed E-state index contributed by atoms with van der Waals surface area (Å²) in [7, 11) is 0. The molecule has 0 saturated heterocycles. The molecule has 0 saturated carbocycles. The molecule has 11 heavy (non-hydrogen) atoms. The smallest absolute Gasteiger partial charge is 0.0206 e. The Kier molecular flexibility index (Phi) is 5.65. The zero-order valence-corrected chi connectivity index (χ0v) is 7.80. The first-order valence-corrected chi connectivity index (χ1v) is 4.28. The average molecular weight is 150 g/mol.